The molecule has 1 unspecified atom stereocenters. The average molecular weight is 421 g/mol. The van der Waals surface area contributed by atoms with Crippen molar-refractivity contribution in [1.29, 1.82) is 0 Å². The Morgan fingerprint density at radius 1 is 1.06 bits per heavy atom. The summed E-state index contributed by atoms with van der Waals surface area (Å²) >= 11 is 0. The number of hydrogen-bond acceptors (Lipinski definition) is 3. The van der Waals surface area contributed by atoms with Crippen LogP contribution in [0.1, 0.15) is 58.4 Å². The molecule has 1 aliphatic rings. The number of benzene rings is 2. The van der Waals surface area contributed by atoms with Crippen molar-refractivity contribution in [2.45, 2.75) is 65.5 Å². The van der Waals surface area contributed by atoms with Crippen LogP contribution in [-0.4, -0.2) is 37.1 Å². The number of anilines is 1. The minimum Gasteiger partial charge on any atom is -0.489 e. The van der Waals surface area contributed by atoms with Gasteiger partial charge in [-0.3, -0.25) is 0 Å². The molecule has 0 bridgehead atoms. The van der Waals surface area contributed by atoms with Crippen LogP contribution in [-0.2, 0) is 6.61 Å². The zero-order valence-electron chi connectivity index (χ0n) is 19.7. The summed E-state index contributed by atoms with van der Waals surface area (Å²) in [5.74, 6) is 0.930. The molecule has 0 amide bonds. The maximum absolute atomic E-state index is 6.00. The van der Waals surface area contributed by atoms with Gasteiger partial charge >= 0.3 is 0 Å². The van der Waals surface area contributed by atoms with E-state index in [1.165, 1.54) is 68.6 Å². The molecule has 0 aromatic heterocycles. The lowest BCUT2D eigenvalue weighted by atomic mass is 10.0. The molecule has 168 valence electrons. The molecule has 1 fully saturated rings. The summed E-state index contributed by atoms with van der Waals surface area (Å²) in [6.07, 6.45) is 8.88. The van der Waals surface area contributed by atoms with Gasteiger partial charge in [0.25, 0.3) is 0 Å². The maximum Gasteiger partial charge on any atom is 0.119 e. The fourth-order valence-electron chi connectivity index (χ4n) is 4.29. The first-order chi connectivity index (χ1) is 15.2. The van der Waals surface area contributed by atoms with Gasteiger partial charge in [0.15, 0.2) is 0 Å². The molecule has 2 aromatic rings. The number of piperidine rings is 1. The third kappa shape index (κ3) is 7.74. The van der Waals surface area contributed by atoms with Gasteiger partial charge in [0.2, 0.25) is 0 Å². The number of nitrogens with zero attached hydrogens (tertiary/aromatic N) is 2. The molecule has 0 saturated carbocycles. The third-order valence-electron chi connectivity index (χ3n) is 6.11. The van der Waals surface area contributed by atoms with Gasteiger partial charge in [0.05, 0.1) is 0 Å². The molecule has 1 aliphatic heterocycles. The van der Waals surface area contributed by atoms with Crippen LogP contribution < -0.4 is 9.64 Å². The van der Waals surface area contributed by atoms with Crippen molar-refractivity contribution in [2.75, 3.05) is 31.1 Å². The largest absolute Gasteiger partial charge is 0.489 e. The van der Waals surface area contributed by atoms with Crippen LogP contribution >= 0.6 is 0 Å². The highest BCUT2D eigenvalue weighted by atomic mass is 16.5. The molecule has 1 atom stereocenters. The highest BCUT2D eigenvalue weighted by Gasteiger charge is 2.25. The second kappa shape index (κ2) is 12.6. The Morgan fingerprint density at radius 2 is 1.84 bits per heavy atom. The van der Waals surface area contributed by atoms with Crippen molar-refractivity contribution >= 4 is 5.69 Å². The second-order valence-electron chi connectivity index (χ2n) is 9.01. The molecule has 1 saturated heterocycles. The normalized spacial score (nSPS) is 16.7. The first-order valence-electron chi connectivity index (χ1n) is 12.0. The fourth-order valence-corrected chi connectivity index (χ4v) is 4.29. The van der Waals surface area contributed by atoms with E-state index >= 15 is 0 Å². The molecule has 0 radical (unpaired) electrons. The van der Waals surface area contributed by atoms with E-state index < -0.39 is 0 Å². The summed E-state index contributed by atoms with van der Waals surface area (Å²) in [6.45, 7) is 11.9. The molecule has 31 heavy (non-hydrogen) atoms. The van der Waals surface area contributed by atoms with Crippen LogP contribution in [0.4, 0.5) is 5.69 Å². The fraction of sp³-hybridized carbons (Fsp3) is 0.500. The molecule has 3 heteroatoms. The Bertz CT molecular complexity index is 780. The zero-order chi connectivity index (χ0) is 21.9. The second-order valence-corrected chi connectivity index (χ2v) is 9.01. The van der Waals surface area contributed by atoms with E-state index in [1.54, 1.807) is 0 Å². The van der Waals surface area contributed by atoms with E-state index in [9.17, 15) is 0 Å². The Hall–Kier alpha value is -2.26. The van der Waals surface area contributed by atoms with Gasteiger partial charge in [-0.15, -0.1) is 0 Å². The Morgan fingerprint density at radius 3 is 2.55 bits per heavy atom. The van der Waals surface area contributed by atoms with Gasteiger partial charge < -0.3 is 14.5 Å². The van der Waals surface area contributed by atoms with Crippen LogP contribution in [0.3, 0.4) is 0 Å². The number of likely N-dealkylation sites (tertiary alicyclic amines) is 1. The van der Waals surface area contributed by atoms with Crippen molar-refractivity contribution in [3.05, 3.63) is 71.8 Å². The predicted octanol–water partition coefficient (Wildman–Crippen LogP) is 6.69. The lowest BCUT2D eigenvalue weighted by Gasteiger charge is -2.40. The molecule has 0 N–H and O–H groups in total. The van der Waals surface area contributed by atoms with E-state index in [2.05, 4.69) is 85.2 Å². The summed E-state index contributed by atoms with van der Waals surface area (Å²) in [5, 5.41) is 0. The van der Waals surface area contributed by atoms with Crippen LogP contribution in [0.25, 0.3) is 0 Å². The number of hydrogen-bond donors (Lipinski definition) is 0. The van der Waals surface area contributed by atoms with E-state index in [0.717, 1.165) is 12.3 Å². The van der Waals surface area contributed by atoms with Gasteiger partial charge in [-0.25, -0.2) is 0 Å². The van der Waals surface area contributed by atoms with Gasteiger partial charge in [0, 0.05) is 24.8 Å². The molecule has 0 spiro atoms. The highest BCUT2D eigenvalue weighted by Crippen LogP contribution is 2.26. The number of allylic oxidation sites excluding steroid dienone is 1. The van der Waals surface area contributed by atoms with Crippen molar-refractivity contribution in [3.8, 4) is 5.75 Å². The topological polar surface area (TPSA) is 15.7 Å². The Kier molecular flexibility index (Phi) is 9.48. The number of unbranched alkanes of at least 4 members (excludes halogenated alkanes) is 2. The van der Waals surface area contributed by atoms with E-state index in [1.807, 2.05) is 6.07 Å². The SMILES string of the molecule is CCCCCN1CCCC(N(CC=C(C)C)c2ccc(OCc3ccccc3)cc2)C1. The van der Waals surface area contributed by atoms with E-state index in [4.69, 9.17) is 4.74 Å². The molecular formula is C28H40N2O. The maximum atomic E-state index is 6.00. The van der Waals surface area contributed by atoms with Crippen molar-refractivity contribution in [3.63, 3.8) is 0 Å². The Balaban J connectivity index is 1.65. The zero-order valence-corrected chi connectivity index (χ0v) is 19.7. The van der Waals surface area contributed by atoms with E-state index in [0.29, 0.717) is 12.6 Å². The molecule has 2 aromatic carbocycles. The van der Waals surface area contributed by atoms with Crippen LogP contribution in [0.2, 0.25) is 0 Å². The van der Waals surface area contributed by atoms with Gasteiger partial charge in [0.1, 0.15) is 12.4 Å². The molecule has 3 rings (SSSR count). The molecular weight excluding hydrogens is 380 g/mol. The highest BCUT2D eigenvalue weighted by molar-refractivity contribution is 5.51. The first-order valence-corrected chi connectivity index (χ1v) is 12.0. The summed E-state index contributed by atoms with van der Waals surface area (Å²) in [5.41, 5.74) is 3.87. The van der Waals surface area contributed by atoms with Crippen LogP contribution in [0.5, 0.6) is 5.75 Å². The summed E-state index contributed by atoms with van der Waals surface area (Å²) < 4.78 is 6.00. The molecule has 3 nitrogen and oxygen atoms in total. The summed E-state index contributed by atoms with van der Waals surface area (Å²) in [4.78, 5) is 5.27. The molecule has 0 aliphatic carbocycles. The van der Waals surface area contributed by atoms with Crippen LogP contribution in [0.15, 0.2) is 66.2 Å². The minimum absolute atomic E-state index is 0.571. The van der Waals surface area contributed by atoms with Crippen LogP contribution in [0, 0.1) is 0 Å². The van der Waals surface area contributed by atoms with E-state index in [-0.39, 0.29) is 0 Å². The lowest BCUT2D eigenvalue weighted by Crippen LogP contribution is -2.48. The van der Waals surface area contributed by atoms with Gasteiger partial charge in [-0.05, 0) is 76.0 Å². The molecule has 1 heterocycles. The van der Waals surface area contributed by atoms with Gasteiger partial charge in [-0.1, -0.05) is 61.7 Å². The smallest absolute Gasteiger partial charge is 0.119 e. The standard InChI is InChI=1S/C28H40N2O/c1-4-5-9-19-29-20-10-13-27(22-29)30(21-18-24(2)3)26-14-16-28(17-15-26)31-23-25-11-7-6-8-12-25/h6-8,11-12,14-18,27H,4-5,9-10,13,19-23H2,1-3H3. The third-order valence-corrected chi connectivity index (χ3v) is 6.11. The quantitative estimate of drug-likeness (QED) is 0.297. The van der Waals surface area contributed by atoms with Crippen molar-refractivity contribution < 1.29 is 4.74 Å². The number of ether oxygens (including phenoxy) is 1. The summed E-state index contributed by atoms with van der Waals surface area (Å²) in [7, 11) is 0. The lowest BCUT2D eigenvalue weighted by molar-refractivity contribution is 0.201. The minimum atomic E-state index is 0.571. The summed E-state index contributed by atoms with van der Waals surface area (Å²) in [6, 6.07) is 19.6. The Labute approximate surface area is 189 Å². The average Bonchev–Trinajstić information content (AvgIpc) is 2.80. The first kappa shape index (κ1) is 23.4. The van der Waals surface area contributed by atoms with Gasteiger partial charge in [-0.2, -0.15) is 0 Å². The number of rotatable bonds is 11. The van der Waals surface area contributed by atoms with Crippen molar-refractivity contribution in [1.82, 2.24) is 4.90 Å². The monoisotopic (exact) mass is 420 g/mol. The predicted molar refractivity (Wildman–Crippen MR) is 133 cm³/mol. The van der Waals surface area contributed by atoms with Crippen molar-refractivity contribution in [2.24, 2.45) is 0 Å².